The summed E-state index contributed by atoms with van der Waals surface area (Å²) in [6.07, 6.45) is 4.65. The van der Waals surface area contributed by atoms with Crippen LogP contribution in [-0.4, -0.2) is 23.7 Å². The van der Waals surface area contributed by atoms with E-state index in [9.17, 15) is 4.79 Å². The highest BCUT2D eigenvalue weighted by Crippen LogP contribution is 2.35. The second-order valence-electron chi connectivity index (χ2n) is 5.88. The number of hydrogen-bond donors (Lipinski definition) is 2. The van der Waals surface area contributed by atoms with E-state index in [-0.39, 0.29) is 24.0 Å². The third kappa shape index (κ3) is 3.62. The van der Waals surface area contributed by atoms with E-state index in [0.717, 1.165) is 17.7 Å². The van der Waals surface area contributed by atoms with Gasteiger partial charge < -0.3 is 10.4 Å². The highest BCUT2D eigenvalue weighted by Gasteiger charge is 2.33. The average molecular weight is 291 g/mol. The molecule has 0 spiro atoms. The summed E-state index contributed by atoms with van der Waals surface area (Å²) in [6, 6.07) is 3.88. The number of thiophene rings is 1. The van der Waals surface area contributed by atoms with E-state index >= 15 is 0 Å². The number of amides is 1. The normalized spacial score (nSPS) is 20.9. The second-order valence-corrected chi connectivity index (χ2v) is 6.97. The van der Waals surface area contributed by atoms with Crippen molar-refractivity contribution in [2.75, 3.05) is 6.61 Å². The predicted octanol–water partition coefficient (Wildman–Crippen LogP) is 2.79. The molecule has 1 aromatic rings. The molecule has 0 saturated heterocycles. The van der Waals surface area contributed by atoms with E-state index in [0.29, 0.717) is 4.88 Å². The minimum absolute atomic E-state index is 0.00739. The zero-order valence-corrected chi connectivity index (χ0v) is 12.8. The fraction of sp³-hybridized carbons (Fsp3) is 0.562. The molecule has 1 saturated carbocycles. The number of rotatable bonds is 2. The molecule has 1 aliphatic rings. The van der Waals surface area contributed by atoms with Crippen molar-refractivity contribution in [3.8, 4) is 11.8 Å². The fourth-order valence-electron chi connectivity index (χ4n) is 2.64. The number of aliphatic hydroxyl groups is 1. The van der Waals surface area contributed by atoms with E-state index in [1.165, 1.54) is 24.2 Å². The lowest BCUT2D eigenvalue weighted by Crippen LogP contribution is -2.46. The van der Waals surface area contributed by atoms with Gasteiger partial charge in [0.2, 0.25) is 0 Å². The smallest absolute Gasteiger partial charge is 0.261 e. The molecule has 20 heavy (non-hydrogen) atoms. The van der Waals surface area contributed by atoms with Crippen molar-refractivity contribution in [3.63, 3.8) is 0 Å². The third-order valence-corrected chi connectivity index (χ3v) is 4.93. The fourth-order valence-corrected chi connectivity index (χ4v) is 3.43. The standard InChI is InChI=1S/C16H21NO2S/c1-16(2)10-4-3-7-14(16)17-15(19)13-9-8-12(20-13)6-5-11-18/h8-9,14,18H,3-4,7,10-11H2,1-2H3,(H,17,19). The van der Waals surface area contributed by atoms with Crippen molar-refractivity contribution in [1.29, 1.82) is 0 Å². The lowest BCUT2D eigenvalue weighted by Gasteiger charge is -2.38. The van der Waals surface area contributed by atoms with Crippen LogP contribution in [-0.2, 0) is 0 Å². The van der Waals surface area contributed by atoms with Gasteiger partial charge >= 0.3 is 0 Å². The molecule has 1 aromatic heterocycles. The van der Waals surface area contributed by atoms with Crippen molar-refractivity contribution < 1.29 is 9.90 Å². The maximum atomic E-state index is 12.3. The topological polar surface area (TPSA) is 49.3 Å². The molecule has 0 radical (unpaired) electrons. The Morgan fingerprint density at radius 2 is 2.30 bits per heavy atom. The van der Waals surface area contributed by atoms with Gasteiger partial charge in [0.25, 0.3) is 5.91 Å². The Kier molecular flexibility index (Phi) is 4.85. The monoisotopic (exact) mass is 291 g/mol. The van der Waals surface area contributed by atoms with Gasteiger partial charge in [-0.05, 0) is 30.4 Å². The molecule has 0 aromatic carbocycles. The van der Waals surface area contributed by atoms with E-state index in [4.69, 9.17) is 5.11 Å². The van der Waals surface area contributed by atoms with Crippen LogP contribution in [0.3, 0.4) is 0 Å². The average Bonchev–Trinajstić information content (AvgIpc) is 2.87. The van der Waals surface area contributed by atoms with Crippen LogP contribution in [0.1, 0.15) is 54.1 Å². The Balaban J connectivity index is 2.02. The summed E-state index contributed by atoms with van der Waals surface area (Å²) in [5.41, 5.74) is 0.171. The Morgan fingerprint density at radius 3 is 3.00 bits per heavy atom. The molecule has 3 nitrogen and oxygen atoms in total. The van der Waals surface area contributed by atoms with Crippen LogP contribution in [0.4, 0.5) is 0 Å². The summed E-state index contributed by atoms with van der Waals surface area (Å²) >= 11 is 1.37. The Hall–Kier alpha value is -1.31. The third-order valence-electron chi connectivity index (χ3n) is 3.93. The van der Waals surface area contributed by atoms with Crippen molar-refractivity contribution in [2.24, 2.45) is 5.41 Å². The zero-order valence-electron chi connectivity index (χ0n) is 12.0. The second kappa shape index (κ2) is 6.43. The van der Waals surface area contributed by atoms with Crippen molar-refractivity contribution in [1.82, 2.24) is 5.32 Å². The van der Waals surface area contributed by atoms with Gasteiger partial charge in [-0.3, -0.25) is 4.79 Å². The van der Waals surface area contributed by atoms with Crippen LogP contribution >= 0.6 is 11.3 Å². The predicted molar refractivity (Wildman–Crippen MR) is 81.8 cm³/mol. The lowest BCUT2D eigenvalue weighted by atomic mass is 9.73. The summed E-state index contributed by atoms with van der Waals surface area (Å²) in [4.78, 5) is 13.8. The van der Waals surface area contributed by atoms with Gasteiger partial charge in [-0.25, -0.2) is 0 Å². The number of nitrogens with one attached hydrogen (secondary N) is 1. The quantitative estimate of drug-likeness (QED) is 0.823. The molecule has 0 bridgehead atoms. The Bertz CT molecular complexity index is 536. The molecule has 2 N–H and O–H groups in total. The zero-order chi connectivity index (χ0) is 14.6. The van der Waals surface area contributed by atoms with E-state index in [1.807, 2.05) is 6.07 Å². The van der Waals surface area contributed by atoms with Gasteiger partial charge in [0, 0.05) is 6.04 Å². The first-order valence-corrected chi connectivity index (χ1v) is 7.85. The first-order valence-electron chi connectivity index (χ1n) is 7.03. The van der Waals surface area contributed by atoms with Crippen LogP contribution in [0.2, 0.25) is 0 Å². The molecule has 4 heteroatoms. The van der Waals surface area contributed by atoms with Gasteiger partial charge in [0.05, 0.1) is 9.75 Å². The first kappa shape index (κ1) is 15.1. The van der Waals surface area contributed by atoms with Gasteiger partial charge in [-0.1, -0.05) is 38.5 Å². The summed E-state index contributed by atoms with van der Waals surface area (Å²) in [5.74, 6) is 5.42. The van der Waals surface area contributed by atoms with Crippen LogP contribution < -0.4 is 5.32 Å². The van der Waals surface area contributed by atoms with Crippen molar-refractivity contribution in [3.05, 3.63) is 21.9 Å². The summed E-state index contributed by atoms with van der Waals surface area (Å²) in [5, 5.41) is 11.8. The minimum atomic E-state index is -0.157. The number of hydrogen-bond acceptors (Lipinski definition) is 3. The van der Waals surface area contributed by atoms with Gasteiger partial charge in [0.15, 0.2) is 0 Å². The molecule has 2 rings (SSSR count). The minimum Gasteiger partial charge on any atom is -0.384 e. The van der Waals surface area contributed by atoms with Gasteiger partial charge in [-0.15, -0.1) is 11.3 Å². The number of aliphatic hydroxyl groups excluding tert-OH is 1. The van der Waals surface area contributed by atoms with Gasteiger partial charge in [-0.2, -0.15) is 0 Å². The molecule has 108 valence electrons. The maximum absolute atomic E-state index is 12.3. The first-order chi connectivity index (χ1) is 9.53. The SMILES string of the molecule is CC1(C)CCCCC1NC(=O)c1ccc(C#CCO)s1. The molecular weight excluding hydrogens is 270 g/mol. The molecule has 0 aliphatic heterocycles. The van der Waals surface area contributed by atoms with Crippen LogP contribution in [0.15, 0.2) is 12.1 Å². The summed E-state index contributed by atoms with van der Waals surface area (Å²) < 4.78 is 0. The lowest BCUT2D eigenvalue weighted by molar-refractivity contribution is 0.0857. The molecule has 1 amide bonds. The molecule has 1 atom stereocenters. The highest BCUT2D eigenvalue weighted by molar-refractivity contribution is 7.14. The summed E-state index contributed by atoms with van der Waals surface area (Å²) in [6.45, 7) is 4.29. The van der Waals surface area contributed by atoms with Gasteiger partial charge in [0.1, 0.15) is 6.61 Å². The molecule has 1 heterocycles. The van der Waals surface area contributed by atoms with Crippen LogP contribution in [0, 0.1) is 17.3 Å². The van der Waals surface area contributed by atoms with E-state index < -0.39 is 0 Å². The van der Waals surface area contributed by atoms with E-state index in [2.05, 4.69) is 31.0 Å². The number of carbonyl (C=O) groups is 1. The van der Waals surface area contributed by atoms with Crippen molar-refractivity contribution in [2.45, 2.75) is 45.6 Å². The molecular formula is C16H21NO2S. The number of carbonyl (C=O) groups excluding carboxylic acids is 1. The molecule has 1 unspecified atom stereocenters. The van der Waals surface area contributed by atoms with Crippen LogP contribution in [0.5, 0.6) is 0 Å². The van der Waals surface area contributed by atoms with E-state index in [1.54, 1.807) is 6.07 Å². The highest BCUT2D eigenvalue weighted by atomic mass is 32.1. The van der Waals surface area contributed by atoms with Crippen molar-refractivity contribution >= 4 is 17.2 Å². The summed E-state index contributed by atoms with van der Waals surface area (Å²) in [7, 11) is 0. The maximum Gasteiger partial charge on any atom is 0.261 e. The Morgan fingerprint density at radius 1 is 1.50 bits per heavy atom. The molecule has 1 aliphatic carbocycles. The molecule has 1 fully saturated rings. The Labute approximate surface area is 124 Å². The largest absolute Gasteiger partial charge is 0.384 e. The van der Waals surface area contributed by atoms with Crippen LogP contribution in [0.25, 0.3) is 0 Å².